The largest absolute Gasteiger partial charge is 0.310 e. The lowest BCUT2D eigenvalue weighted by Gasteiger charge is -2.25. The zero-order chi connectivity index (χ0) is 11.4. The Morgan fingerprint density at radius 1 is 1.50 bits per heavy atom. The number of rotatable bonds is 6. The van der Waals surface area contributed by atoms with E-state index in [1.807, 2.05) is 4.68 Å². The highest BCUT2D eigenvalue weighted by Crippen LogP contribution is 2.25. The van der Waals surface area contributed by atoms with Crippen LogP contribution in [0.1, 0.15) is 38.9 Å². The molecule has 1 saturated carbocycles. The molecule has 1 aromatic rings. The van der Waals surface area contributed by atoms with Gasteiger partial charge in [0.05, 0.1) is 6.54 Å². The van der Waals surface area contributed by atoms with Gasteiger partial charge in [0.1, 0.15) is 12.2 Å². The maximum absolute atomic E-state index is 4.30. The van der Waals surface area contributed by atoms with Crippen molar-refractivity contribution in [1.82, 2.24) is 20.1 Å². The topological polar surface area (TPSA) is 42.7 Å². The summed E-state index contributed by atoms with van der Waals surface area (Å²) < 4.78 is 2.01. The van der Waals surface area contributed by atoms with Crippen molar-refractivity contribution in [2.24, 2.45) is 11.8 Å². The van der Waals surface area contributed by atoms with Crippen LogP contribution in [0.3, 0.4) is 0 Å². The van der Waals surface area contributed by atoms with Gasteiger partial charge in [-0.25, -0.2) is 9.67 Å². The zero-order valence-corrected chi connectivity index (χ0v) is 10.3. The molecule has 0 unspecified atom stereocenters. The van der Waals surface area contributed by atoms with Crippen molar-refractivity contribution >= 4 is 0 Å². The summed E-state index contributed by atoms with van der Waals surface area (Å²) in [7, 11) is 0. The maximum Gasteiger partial charge on any atom is 0.140 e. The third kappa shape index (κ3) is 3.04. The van der Waals surface area contributed by atoms with Crippen LogP contribution in [0.25, 0.3) is 0 Å². The van der Waals surface area contributed by atoms with Crippen LogP contribution in [0.4, 0.5) is 0 Å². The van der Waals surface area contributed by atoms with E-state index in [0.29, 0.717) is 5.92 Å². The van der Waals surface area contributed by atoms with E-state index in [1.54, 1.807) is 6.33 Å². The molecule has 0 aromatic carbocycles. The SMILES string of the molecule is CC(C)Cn1ncnc1CNCC1CCC1. The molecule has 16 heavy (non-hydrogen) atoms. The van der Waals surface area contributed by atoms with Crippen LogP contribution in [0.2, 0.25) is 0 Å². The number of nitrogens with one attached hydrogen (secondary N) is 1. The Labute approximate surface area is 97.5 Å². The molecule has 1 aromatic heterocycles. The molecule has 1 N–H and O–H groups in total. The highest BCUT2D eigenvalue weighted by atomic mass is 15.3. The van der Waals surface area contributed by atoms with E-state index in [9.17, 15) is 0 Å². The van der Waals surface area contributed by atoms with Gasteiger partial charge in [-0.2, -0.15) is 5.10 Å². The quantitative estimate of drug-likeness (QED) is 0.798. The summed E-state index contributed by atoms with van der Waals surface area (Å²) in [4.78, 5) is 4.30. The van der Waals surface area contributed by atoms with Gasteiger partial charge in [0, 0.05) is 6.54 Å². The average Bonchev–Trinajstić information content (AvgIpc) is 2.56. The Kier molecular flexibility index (Phi) is 3.93. The van der Waals surface area contributed by atoms with Gasteiger partial charge >= 0.3 is 0 Å². The number of aromatic nitrogens is 3. The summed E-state index contributed by atoms with van der Waals surface area (Å²) in [6.45, 7) is 7.35. The molecule has 0 amide bonds. The zero-order valence-electron chi connectivity index (χ0n) is 10.3. The van der Waals surface area contributed by atoms with Crippen molar-refractivity contribution in [2.75, 3.05) is 6.54 Å². The molecule has 0 atom stereocenters. The minimum atomic E-state index is 0.618. The molecule has 90 valence electrons. The Bertz CT molecular complexity index is 315. The normalized spacial score (nSPS) is 16.7. The molecule has 0 bridgehead atoms. The van der Waals surface area contributed by atoms with Crippen LogP contribution in [0, 0.1) is 11.8 Å². The van der Waals surface area contributed by atoms with E-state index in [0.717, 1.165) is 31.4 Å². The van der Waals surface area contributed by atoms with Gasteiger partial charge in [0.15, 0.2) is 0 Å². The first-order chi connectivity index (χ1) is 7.75. The Morgan fingerprint density at radius 2 is 2.31 bits per heavy atom. The van der Waals surface area contributed by atoms with Crippen LogP contribution in [-0.2, 0) is 13.1 Å². The second kappa shape index (κ2) is 5.43. The van der Waals surface area contributed by atoms with Crippen molar-refractivity contribution in [3.8, 4) is 0 Å². The summed E-state index contributed by atoms with van der Waals surface area (Å²) in [5, 5.41) is 7.73. The van der Waals surface area contributed by atoms with Gasteiger partial charge in [-0.15, -0.1) is 0 Å². The van der Waals surface area contributed by atoms with Crippen LogP contribution >= 0.6 is 0 Å². The molecule has 1 heterocycles. The molecule has 0 spiro atoms. The molecule has 0 aliphatic heterocycles. The van der Waals surface area contributed by atoms with E-state index >= 15 is 0 Å². The first-order valence-corrected chi connectivity index (χ1v) is 6.33. The van der Waals surface area contributed by atoms with Crippen LogP contribution < -0.4 is 5.32 Å². The van der Waals surface area contributed by atoms with E-state index in [-0.39, 0.29) is 0 Å². The molecule has 2 rings (SSSR count). The summed E-state index contributed by atoms with van der Waals surface area (Å²) in [6, 6.07) is 0. The maximum atomic E-state index is 4.30. The molecule has 4 nitrogen and oxygen atoms in total. The Balaban J connectivity index is 1.76. The number of nitrogens with zero attached hydrogens (tertiary/aromatic N) is 3. The summed E-state index contributed by atoms with van der Waals surface area (Å²) in [5.41, 5.74) is 0. The van der Waals surface area contributed by atoms with Gasteiger partial charge in [0.25, 0.3) is 0 Å². The number of hydrogen-bond donors (Lipinski definition) is 1. The van der Waals surface area contributed by atoms with E-state index < -0.39 is 0 Å². The van der Waals surface area contributed by atoms with Gasteiger partial charge in [0.2, 0.25) is 0 Å². The fourth-order valence-electron chi connectivity index (χ4n) is 2.01. The first-order valence-electron chi connectivity index (χ1n) is 6.33. The first kappa shape index (κ1) is 11.6. The fourth-order valence-corrected chi connectivity index (χ4v) is 2.01. The standard InChI is InChI=1S/C12H22N4/c1-10(2)8-16-12(14-9-15-16)7-13-6-11-4-3-5-11/h9-11,13H,3-8H2,1-2H3. The predicted octanol–water partition coefficient (Wildman–Crippen LogP) is 1.82. The predicted molar refractivity (Wildman–Crippen MR) is 63.9 cm³/mol. The van der Waals surface area contributed by atoms with Crippen LogP contribution in [-0.4, -0.2) is 21.3 Å². The van der Waals surface area contributed by atoms with Crippen molar-refractivity contribution in [2.45, 2.75) is 46.2 Å². The lowest BCUT2D eigenvalue weighted by Crippen LogP contribution is -2.28. The molecule has 0 radical (unpaired) electrons. The van der Waals surface area contributed by atoms with Crippen molar-refractivity contribution in [1.29, 1.82) is 0 Å². The van der Waals surface area contributed by atoms with Crippen molar-refractivity contribution in [3.63, 3.8) is 0 Å². The van der Waals surface area contributed by atoms with E-state index in [2.05, 4.69) is 29.2 Å². The van der Waals surface area contributed by atoms with E-state index in [1.165, 1.54) is 19.3 Å². The average molecular weight is 222 g/mol. The molecular weight excluding hydrogens is 200 g/mol. The third-order valence-electron chi connectivity index (χ3n) is 3.17. The smallest absolute Gasteiger partial charge is 0.140 e. The lowest BCUT2D eigenvalue weighted by atomic mass is 9.85. The van der Waals surface area contributed by atoms with Gasteiger partial charge in [-0.3, -0.25) is 0 Å². The third-order valence-corrected chi connectivity index (χ3v) is 3.17. The lowest BCUT2D eigenvalue weighted by molar-refractivity contribution is 0.299. The van der Waals surface area contributed by atoms with Gasteiger partial charge in [-0.05, 0) is 31.2 Å². The highest BCUT2D eigenvalue weighted by molar-refractivity contribution is 4.84. The molecule has 4 heteroatoms. The van der Waals surface area contributed by atoms with Crippen LogP contribution in [0.5, 0.6) is 0 Å². The molecule has 1 aliphatic carbocycles. The molecule has 1 aliphatic rings. The summed E-state index contributed by atoms with van der Waals surface area (Å²) >= 11 is 0. The monoisotopic (exact) mass is 222 g/mol. The van der Waals surface area contributed by atoms with Gasteiger partial charge < -0.3 is 5.32 Å². The second-order valence-corrected chi connectivity index (χ2v) is 5.18. The minimum absolute atomic E-state index is 0.618. The van der Waals surface area contributed by atoms with Crippen molar-refractivity contribution in [3.05, 3.63) is 12.2 Å². The summed E-state index contributed by atoms with van der Waals surface area (Å²) in [6.07, 6.45) is 5.86. The molecule has 1 fully saturated rings. The fraction of sp³-hybridized carbons (Fsp3) is 0.833. The van der Waals surface area contributed by atoms with E-state index in [4.69, 9.17) is 0 Å². The number of hydrogen-bond acceptors (Lipinski definition) is 3. The second-order valence-electron chi connectivity index (χ2n) is 5.18. The van der Waals surface area contributed by atoms with Crippen LogP contribution in [0.15, 0.2) is 6.33 Å². The Morgan fingerprint density at radius 3 is 2.94 bits per heavy atom. The van der Waals surface area contributed by atoms with Crippen molar-refractivity contribution < 1.29 is 0 Å². The van der Waals surface area contributed by atoms with Gasteiger partial charge in [-0.1, -0.05) is 20.3 Å². The molecular formula is C12H22N4. The highest BCUT2D eigenvalue weighted by Gasteiger charge is 2.16. The minimum Gasteiger partial charge on any atom is -0.310 e. The summed E-state index contributed by atoms with van der Waals surface area (Å²) in [5.74, 6) is 2.58. The molecule has 0 saturated heterocycles. The Hall–Kier alpha value is -0.900.